The first-order valence-electron chi connectivity index (χ1n) is 11.6. The van der Waals surface area contributed by atoms with Crippen molar-refractivity contribution >= 4 is 66.5 Å². The molecule has 0 atom stereocenters. The van der Waals surface area contributed by atoms with E-state index in [1.165, 1.54) is 40.3 Å². The van der Waals surface area contributed by atoms with Gasteiger partial charge in [0.15, 0.2) is 4.34 Å². The fraction of sp³-hybridized carbons (Fsp3) is 0.200. The topological polar surface area (TPSA) is 131 Å². The maximum atomic E-state index is 12.8. The van der Waals surface area contributed by atoms with Gasteiger partial charge in [0.2, 0.25) is 21.1 Å². The van der Waals surface area contributed by atoms with E-state index in [2.05, 4.69) is 20.8 Å². The fourth-order valence-electron chi connectivity index (χ4n) is 3.85. The molecule has 1 fully saturated rings. The number of aromatic nitrogens is 2. The van der Waals surface area contributed by atoms with Gasteiger partial charge < -0.3 is 10.1 Å². The maximum absolute atomic E-state index is 12.8. The summed E-state index contributed by atoms with van der Waals surface area (Å²) in [4.78, 5) is 25.3. The second-order valence-electron chi connectivity index (χ2n) is 8.23. The normalized spacial score (nSPS) is 14.3. The van der Waals surface area contributed by atoms with Gasteiger partial charge in [0.25, 0.3) is 5.91 Å². The van der Waals surface area contributed by atoms with Crippen LogP contribution >= 0.6 is 23.1 Å². The summed E-state index contributed by atoms with van der Waals surface area (Å²) < 4.78 is 32.6. The predicted molar refractivity (Wildman–Crippen MR) is 147 cm³/mol. The van der Waals surface area contributed by atoms with Gasteiger partial charge in [-0.2, -0.15) is 4.31 Å². The molecular weight excluding hydrogens is 547 g/mol. The molecule has 1 aliphatic rings. The minimum absolute atomic E-state index is 0.118. The van der Waals surface area contributed by atoms with Crippen LogP contribution < -0.4 is 10.6 Å². The van der Waals surface area contributed by atoms with Crippen LogP contribution in [-0.4, -0.2) is 66.8 Å². The number of morpholine rings is 1. The summed E-state index contributed by atoms with van der Waals surface area (Å²) in [5.74, 6) is -0.494. The minimum atomic E-state index is -3.64. The van der Waals surface area contributed by atoms with Crippen molar-refractivity contribution in [1.29, 1.82) is 0 Å². The number of nitrogens with zero attached hydrogens (tertiary/aromatic N) is 3. The Morgan fingerprint density at radius 3 is 2.47 bits per heavy atom. The molecule has 3 aromatic carbocycles. The summed E-state index contributed by atoms with van der Waals surface area (Å²) in [6.45, 7) is 1.31. The summed E-state index contributed by atoms with van der Waals surface area (Å²) in [7, 11) is -3.64. The van der Waals surface area contributed by atoms with E-state index in [9.17, 15) is 18.0 Å². The van der Waals surface area contributed by atoms with Crippen molar-refractivity contribution in [2.75, 3.05) is 42.7 Å². The molecule has 1 aromatic heterocycles. The number of fused-ring (bicyclic) bond motifs is 1. The van der Waals surface area contributed by atoms with E-state index in [-0.39, 0.29) is 27.3 Å². The Morgan fingerprint density at radius 2 is 1.68 bits per heavy atom. The van der Waals surface area contributed by atoms with Crippen molar-refractivity contribution < 1.29 is 22.7 Å². The molecule has 0 aliphatic carbocycles. The van der Waals surface area contributed by atoms with Crippen molar-refractivity contribution in [2.45, 2.75) is 9.24 Å². The van der Waals surface area contributed by atoms with Gasteiger partial charge in [-0.1, -0.05) is 59.5 Å². The van der Waals surface area contributed by atoms with Crippen molar-refractivity contribution in [3.63, 3.8) is 0 Å². The zero-order chi connectivity index (χ0) is 26.5. The third kappa shape index (κ3) is 6.03. The van der Waals surface area contributed by atoms with Gasteiger partial charge in [0.1, 0.15) is 0 Å². The third-order valence-electron chi connectivity index (χ3n) is 5.74. The third-order valence-corrected chi connectivity index (χ3v) is 9.63. The molecule has 196 valence electrons. The Hall–Kier alpha value is -3.36. The number of rotatable bonds is 8. The molecule has 0 spiro atoms. The summed E-state index contributed by atoms with van der Waals surface area (Å²) in [5.41, 5.74) is 1.02. The SMILES string of the molecule is O=C(CSc1nnc(NC(=O)c2ccc(S(=O)(=O)N3CCOCC3)cc2)s1)Nc1cccc2ccccc12. The van der Waals surface area contributed by atoms with Crippen LogP contribution in [0.3, 0.4) is 0 Å². The molecule has 10 nitrogen and oxygen atoms in total. The number of hydrogen-bond acceptors (Lipinski definition) is 9. The Morgan fingerprint density at radius 1 is 0.947 bits per heavy atom. The van der Waals surface area contributed by atoms with Crippen LogP contribution in [0.15, 0.2) is 76.0 Å². The molecule has 4 aromatic rings. The highest BCUT2D eigenvalue weighted by atomic mass is 32.2. The number of ether oxygens (including phenoxy) is 1. The number of sulfonamides is 1. The number of hydrogen-bond donors (Lipinski definition) is 2. The zero-order valence-electron chi connectivity index (χ0n) is 20.0. The molecule has 0 bridgehead atoms. The fourth-order valence-corrected chi connectivity index (χ4v) is 6.81. The lowest BCUT2D eigenvalue weighted by atomic mass is 10.1. The highest BCUT2D eigenvalue weighted by Gasteiger charge is 2.26. The van der Waals surface area contributed by atoms with Gasteiger partial charge in [0, 0.05) is 29.7 Å². The van der Waals surface area contributed by atoms with E-state index in [1.807, 2.05) is 42.5 Å². The van der Waals surface area contributed by atoms with Crippen LogP contribution in [0.5, 0.6) is 0 Å². The average molecular weight is 570 g/mol. The van der Waals surface area contributed by atoms with Gasteiger partial charge in [-0.25, -0.2) is 8.42 Å². The summed E-state index contributed by atoms with van der Waals surface area (Å²) in [6, 6.07) is 19.3. The standard InChI is InChI=1S/C25H23N5O5S3/c31-22(26-21-7-3-5-17-4-1-2-6-20(17)21)16-36-25-29-28-24(37-25)27-23(32)18-8-10-19(11-9-18)38(33,34)30-12-14-35-15-13-30/h1-11H,12-16H2,(H,26,31)(H,27,28,32). The Bertz CT molecular complexity index is 1560. The van der Waals surface area contributed by atoms with E-state index < -0.39 is 15.9 Å². The average Bonchev–Trinajstić information content (AvgIpc) is 3.40. The van der Waals surface area contributed by atoms with E-state index in [0.29, 0.717) is 30.6 Å². The number of carbonyl (C=O) groups is 2. The quantitative estimate of drug-likeness (QED) is 0.243. The largest absolute Gasteiger partial charge is 0.379 e. The summed E-state index contributed by atoms with van der Waals surface area (Å²) in [6.07, 6.45) is 0. The molecule has 2 heterocycles. The van der Waals surface area contributed by atoms with Gasteiger partial charge >= 0.3 is 0 Å². The molecule has 1 saturated heterocycles. The number of amides is 2. The second kappa shape index (κ2) is 11.6. The highest BCUT2D eigenvalue weighted by molar-refractivity contribution is 8.01. The highest BCUT2D eigenvalue weighted by Crippen LogP contribution is 2.27. The molecule has 5 rings (SSSR count). The van der Waals surface area contributed by atoms with Crippen LogP contribution in [0.25, 0.3) is 10.8 Å². The Balaban J connectivity index is 1.15. The van der Waals surface area contributed by atoms with Crippen molar-refractivity contribution in [3.8, 4) is 0 Å². The summed E-state index contributed by atoms with van der Waals surface area (Å²) in [5, 5.41) is 15.9. The molecule has 2 amide bonds. The molecule has 1 aliphatic heterocycles. The van der Waals surface area contributed by atoms with E-state index in [0.717, 1.165) is 27.8 Å². The number of benzene rings is 3. The Kier molecular flexibility index (Phi) is 8.00. The lowest BCUT2D eigenvalue weighted by Gasteiger charge is -2.26. The molecule has 38 heavy (non-hydrogen) atoms. The van der Waals surface area contributed by atoms with Crippen LogP contribution in [0, 0.1) is 0 Å². The lowest BCUT2D eigenvalue weighted by molar-refractivity contribution is -0.113. The zero-order valence-corrected chi connectivity index (χ0v) is 22.4. The minimum Gasteiger partial charge on any atom is -0.379 e. The number of nitrogens with one attached hydrogen (secondary N) is 2. The number of anilines is 2. The van der Waals surface area contributed by atoms with Crippen molar-refractivity contribution in [2.24, 2.45) is 0 Å². The number of thioether (sulfide) groups is 1. The van der Waals surface area contributed by atoms with Gasteiger partial charge in [0.05, 0.1) is 23.9 Å². The predicted octanol–water partition coefficient (Wildman–Crippen LogP) is 3.70. The first-order valence-corrected chi connectivity index (χ1v) is 14.9. The van der Waals surface area contributed by atoms with Gasteiger partial charge in [-0.15, -0.1) is 10.2 Å². The van der Waals surface area contributed by atoms with Crippen molar-refractivity contribution in [1.82, 2.24) is 14.5 Å². The molecular formula is C25H23N5O5S3. The Labute approximate surface area is 227 Å². The van der Waals surface area contributed by atoms with Crippen molar-refractivity contribution in [3.05, 3.63) is 72.3 Å². The number of carbonyl (C=O) groups excluding carboxylic acids is 2. The van der Waals surface area contributed by atoms with E-state index >= 15 is 0 Å². The first-order chi connectivity index (χ1) is 18.4. The molecule has 0 radical (unpaired) electrons. The van der Waals surface area contributed by atoms with Gasteiger partial charge in [-0.3, -0.25) is 14.9 Å². The van der Waals surface area contributed by atoms with Gasteiger partial charge in [-0.05, 0) is 35.7 Å². The first kappa shape index (κ1) is 26.3. The molecule has 0 unspecified atom stereocenters. The van der Waals surface area contributed by atoms with E-state index in [1.54, 1.807) is 0 Å². The molecule has 2 N–H and O–H groups in total. The van der Waals surface area contributed by atoms with E-state index in [4.69, 9.17) is 4.74 Å². The summed E-state index contributed by atoms with van der Waals surface area (Å²) >= 11 is 2.36. The van der Waals surface area contributed by atoms with Crippen LogP contribution in [0.4, 0.5) is 10.8 Å². The molecule has 0 saturated carbocycles. The van der Waals surface area contributed by atoms with Crippen LogP contribution in [-0.2, 0) is 19.6 Å². The van der Waals surface area contributed by atoms with Crippen LogP contribution in [0.1, 0.15) is 10.4 Å². The molecule has 13 heteroatoms. The maximum Gasteiger partial charge on any atom is 0.257 e. The monoisotopic (exact) mass is 569 g/mol. The smallest absolute Gasteiger partial charge is 0.257 e. The lowest BCUT2D eigenvalue weighted by Crippen LogP contribution is -2.40. The van der Waals surface area contributed by atoms with Crippen LogP contribution in [0.2, 0.25) is 0 Å². The second-order valence-corrected chi connectivity index (χ2v) is 12.4.